The van der Waals surface area contributed by atoms with Crippen LogP contribution in [0.4, 0.5) is 0 Å². The number of aliphatic carboxylic acids is 1. The first-order chi connectivity index (χ1) is 24.0. The first-order valence-electron chi connectivity index (χ1n) is 19.2. The van der Waals surface area contributed by atoms with E-state index in [9.17, 15) is 24.3 Å². The Labute approximate surface area is 301 Å². The number of imide groups is 1. The lowest BCUT2D eigenvalue weighted by molar-refractivity contribution is -0.162. The Morgan fingerprint density at radius 2 is 1.36 bits per heavy atom. The first kappa shape index (κ1) is 42.6. The number of rotatable bonds is 25. The van der Waals surface area contributed by atoms with E-state index in [0.29, 0.717) is 12.8 Å². The summed E-state index contributed by atoms with van der Waals surface area (Å²) >= 11 is 0. The second-order valence-electron chi connectivity index (χ2n) is 14.6. The van der Waals surface area contributed by atoms with Gasteiger partial charge in [0.15, 0.2) is 0 Å². The maximum Gasteiger partial charge on any atom is 0.327 e. The van der Waals surface area contributed by atoms with Crippen molar-refractivity contribution >= 4 is 34.5 Å². The van der Waals surface area contributed by atoms with Gasteiger partial charge in [-0.2, -0.15) is 0 Å². The number of carboxylic acid groups (broad SMARTS) is 1. The van der Waals surface area contributed by atoms with Crippen LogP contribution in [-0.2, 0) is 25.6 Å². The van der Waals surface area contributed by atoms with E-state index in [1.807, 2.05) is 56.3 Å². The van der Waals surface area contributed by atoms with Gasteiger partial charge in [-0.3, -0.25) is 19.3 Å². The Morgan fingerprint density at radius 1 is 0.780 bits per heavy atom. The SMILES string of the molecule is CCCCCCCC/C=C\CCCCCCCC(=O)NC(Cc1cccc2ccccc12)C(=O)N(C(=O)C(N)CC(C)C)C(C(=O)O)C(C)C. The summed E-state index contributed by atoms with van der Waals surface area (Å²) in [4.78, 5) is 54.8. The molecule has 0 aromatic heterocycles. The van der Waals surface area contributed by atoms with Gasteiger partial charge >= 0.3 is 5.97 Å². The Kier molecular flexibility index (Phi) is 20.3. The summed E-state index contributed by atoms with van der Waals surface area (Å²) in [5, 5.41) is 15.0. The Balaban J connectivity index is 2.08. The van der Waals surface area contributed by atoms with Crippen LogP contribution in [0.5, 0.6) is 0 Å². The van der Waals surface area contributed by atoms with Crippen LogP contribution in [-0.4, -0.2) is 51.8 Å². The minimum atomic E-state index is -1.43. The van der Waals surface area contributed by atoms with E-state index in [2.05, 4.69) is 24.4 Å². The van der Waals surface area contributed by atoms with Crippen LogP contribution in [0.3, 0.4) is 0 Å². The van der Waals surface area contributed by atoms with Gasteiger partial charge in [0, 0.05) is 12.8 Å². The fourth-order valence-corrected chi connectivity index (χ4v) is 6.55. The normalized spacial score (nSPS) is 13.5. The highest BCUT2D eigenvalue weighted by atomic mass is 16.4. The molecule has 2 aromatic rings. The zero-order chi connectivity index (χ0) is 36.9. The van der Waals surface area contributed by atoms with Crippen molar-refractivity contribution in [1.29, 1.82) is 0 Å². The van der Waals surface area contributed by atoms with Gasteiger partial charge in [-0.05, 0) is 66.7 Å². The summed E-state index contributed by atoms with van der Waals surface area (Å²) in [5.41, 5.74) is 7.08. The van der Waals surface area contributed by atoms with Gasteiger partial charge in [-0.15, -0.1) is 0 Å². The number of hydrogen-bond donors (Lipinski definition) is 3. The van der Waals surface area contributed by atoms with Crippen molar-refractivity contribution in [2.75, 3.05) is 0 Å². The third-order valence-corrected chi connectivity index (χ3v) is 9.28. The molecule has 0 saturated heterocycles. The summed E-state index contributed by atoms with van der Waals surface area (Å²) in [6.45, 7) is 9.38. The van der Waals surface area contributed by atoms with E-state index in [-0.39, 0.29) is 24.7 Å². The van der Waals surface area contributed by atoms with E-state index in [0.717, 1.165) is 59.8 Å². The molecular formula is C42H65N3O5. The minimum absolute atomic E-state index is 0.0609. The molecule has 3 atom stereocenters. The molecule has 278 valence electrons. The third-order valence-electron chi connectivity index (χ3n) is 9.28. The quantitative estimate of drug-likeness (QED) is 0.0705. The fraction of sp³-hybridized carbons (Fsp3) is 0.619. The molecule has 2 aromatic carbocycles. The number of allylic oxidation sites excluding steroid dienone is 2. The van der Waals surface area contributed by atoms with Gasteiger partial charge in [0.05, 0.1) is 6.04 Å². The third kappa shape index (κ3) is 15.2. The molecule has 8 nitrogen and oxygen atoms in total. The van der Waals surface area contributed by atoms with Gasteiger partial charge in [-0.25, -0.2) is 4.79 Å². The van der Waals surface area contributed by atoms with Gasteiger partial charge in [0.2, 0.25) is 11.8 Å². The summed E-state index contributed by atoms with van der Waals surface area (Å²) in [5.74, 6) is -3.58. The monoisotopic (exact) mass is 691 g/mol. The smallest absolute Gasteiger partial charge is 0.327 e. The number of nitrogens with one attached hydrogen (secondary N) is 1. The van der Waals surface area contributed by atoms with Crippen LogP contribution >= 0.6 is 0 Å². The minimum Gasteiger partial charge on any atom is -0.480 e. The maximum absolute atomic E-state index is 14.4. The predicted molar refractivity (Wildman–Crippen MR) is 205 cm³/mol. The highest BCUT2D eigenvalue weighted by Crippen LogP contribution is 2.23. The highest BCUT2D eigenvalue weighted by molar-refractivity contribution is 6.04. The van der Waals surface area contributed by atoms with Crippen LogP contribution < -0.4 is 11.1 Å². The molecule has 2 rings (SSSR count). The Morgan fingerprint density at radius 3 is 1.96 bits per heavy atom. The zero-order valence-electron chi connectivity index (χ0n) is 31.5. The second-order valence-corrected chi connectivity index (χ2v) is 14.6. The van der Waals surface area contributed by atoms with Crippen molar-refractivity contribution in [1.82, 2.24) is 10.2 Å². The summed E-state index contributed by atoms with van der Waals surface area (Å²) in [6, 6.07) is 9.91. The molecule has 3 amide bonds. The Hall–Kier alpha value is -3.52. The number of unbranched alkanes of at least 4 members (excludes halogenated alkanes) is 11. The van der Waals surface area contributed by atoms with E-state index in [1.54, 1.807) is 13.8 Å². The van der Waals surface area contributed by atoms with Crippen LogP contribution in [0.15, 0.2) is 54.6 Å². The molecule has 0 heterocycles. The number of hydrogen-bond acceptors (Lipinski definition) is 5. The standard InChI is InChI=1S/C42H65N3O5/c1-6-7-8-9-10-11-12-13-14-15-16-17-18-19-20-28-38(46)44-37(30-34-26-23-25-33-24-21-22-27-35(33)34)41(48)45(39(32(4)5)42(49)50)40(47)36(43)29-31(2)3/h13-14,21-27,31-32,36-37,39H,6-12,15-20,28-30,43H2,1-5H3,(H,44,46)(H,49,50)/b14-13-. The van der Waals surface area contributed by atoms with E-state index >= 15 is 0 Å². The molecule has 0 aliphatic carbocycles. The lowest BCUT2D eigenvalue weighted by Crippen LogP contribution is -2.61. The van der Waals surface area contributed by atoms with Gasteiger partial charge in [-0.1, -0.05) is 141 Å². The van der Waals surface area contributed by atoms with Crippen molar-refractivity contribution < 1.29 is 24.3 Å². The average molecular weight is 692 g/mol. The number of fused-ring (bicyclic) bond motifs is 1. The lowest BCUT2D eigenvalue weighted by Gasteiger charge is -2.34. The number of carbonyl (C=O) groups excluding carboxylic acids is 3. The molecular weight excluding hydrogens is 626 g/mol. The molecule has 0 spiro atoms. The number of carbonyl (C=O) groups is 4. The molecule has 4 N–H and O–H groups in total. The van der Waals surface area contributed by atoms with Gasteiger partial charge in [0.1, 0.15) is 12.1 Å². The largest absolute Gasteiger partial charge is 0.480 e. The van der Waals surface area contributed by atoms with Crippen molar-refractivity contribution in [3.63, 3.8) is 0 Å². The van der Waals surface area contributed by atoms with Crippen molar-refractivity contribution in [3.8, 4) is 0 Å². The van der Waals surface area contributed by atoms with Crippen LogP contribution in [0, 0.1) is 11.8 Å². The molecule has 3 unspecified atom stereocenters. The van der Waals surface area contributed by atoms with Gasteiger partial charge < -0.3 is 16.2 Å². The van der Waals surface area contributed by atoms with Crippen molar-refractivity contribution in [2.24, 2.45) is 17.6 Å². The number of nitrogens with two attached hydrogens (primary N) is 1. The van der Waals surface area contributed by atoms with Gasteiger partial charge in [0.25, 0.3) is 5.91 Å². The zero-order valence-corrected chi connectivity index (χ0v) is 31.5. The molecule has 8 heteroatoms. The number of benzene rings is 2. The van der Waals surface area contributed by atoms with E-state index in [4.69, 9.17) is 5.73 Å². The second kappa shape index (κ2) is 23.8. The number of amides is 3. The predicted octanol–water partition coefficient (Wildman–Crippen LogP) is 8.74. The lowest BCUT2D eigenvalue weighted by atomic mass is 9.95. The van der Waals surface area contributed by atoms with Crippen molar-refractivity contribution in [3.05, 3.63) is 60.2 Å². The molecule has 0 aliphatic heterocycles. The average Bonchev–Trinajstić information content (AvgIpc) is 3.07. The molecule has 50 heavy (non-hydrogen) atoms. The van der Waals surface area contributed by atoms with E-state index in [1.165, 1.54) is 38.5 Å². The van der Waals surface area contributed by atoms with Crippen LogP contribution in [0.25, 0.3) is 10.8 Å². The topological polar surface area (TPSA) is 130 Å². The number of carboxylic acids is 1. The summed E-state index contributed by atoms with van der Waals surface area (Å²) in [6.07, 6.45) is 20.2. The van der Waals surface area contributed by atoms with Crippen LogP contribution in [0.2, 0.25) is 0 Å². The molecule has 0 fully saturated rings. The van der Waals surface area contributed by atoms with E-state index < -0.39 is 41.8 Å². The molecule has 0 saturated carbocycles. The van der Waals surface area contributed by atoms with Crippen LogP contribution in [0.1, 0.15) is 136 Å². The van der Waals surface area contributed by atoms with Crippen molar-refractivity contribution in [2.45, 2.75) is 155 Å². The maximum atomic E-state index is 14.4. The molecule has 0 aliphatic rings. The number of nitrogens with zero attached hydrogens (tertiary/aromatic N) is 1. The summed E-state index contributed by atoms with van der Waals surface area (Å²) < 4.78 is 0. The first-order valence-corrected chi connectivity index (χ1v) is 19.2. The molecule has 0 bridgehead atoms. The fourth-order valence-electron chi connectivity index (χ4n) is 6.55. The Bertz CT molecular complexity index is 1350. The molecule has 0 radical (unpaired) electrons. The summed E-state index contributed by atoms with van der Waals surface area (Å²) in [7, 11) is 0. The highest BCUT2D eigenvalue weighted by Gasteiger charge is 2.42.